The molecule has 0 radical (unpaired) electrons. The van der Waals surface area contributed by atoms with Gasteiger partial charge in [0.1, 0.15) is 12.7 Å². The molecule has 1 saturated heterocycles. The molecule has 7 heteroatoms. The Morgan fingerprint density at radius 3 is 2.55 bits per heavy atom. The van der Waals surface area contributed by atoms with Crippen LogP contribution in [0.2, 0.25) is 10.0 Å². The minimum Gasteiger partial charge on any atom is -0.486 e. The van der Waals surface area contributed by atoms with Gasteiger partial charge in [-0.15, -0.1) is 0 Å². The Bertz CT molecular complexity index is 869. The number of fused-ring (bicyclic) bond motifs is 1. The molecule has 1 N–H and O–H groups in total. The molecule has 1 atom stereocenters. The van der Waals surface area contributed by atoms with E-state index in [1.807, 2.05) is 29.2 Å². The Balaban J connectivity index is 1.19. The average molecular weight is 435 g/mol. The van der Waals surface area contributed by atoms with Crippen LogP contribution >= 0.6 is 23.2 Å². The summed E-state index contributed by atoms with van der Waals surface area (Å²) in [4.78, 5) is 14.6. The maximum Gasteiger partial charge on any atom is 0.253 e. The summed E-state index contributed by atoms with van der Waals surface area (Å²) in [5, 5.41) is 4.38. The minimum absolute atomic E-state index is 0.0150. The van der Waals surface area contributed by atoms with E-state index in [1.54, 1.807) is 18.2 Å². The molecule has 1 fully saturated rings. The molecule has 1 unspecified atom stereocenters. The zero-order valence-electron chi connectivity index (χ0n) is 16.1. The third kappa shape index (κ3) is 4.97. The van der Waals surface area contributed by atoms with Gasteiger partial charge in [-0.1, -0.05) is 35.3 Å². The molecule has 2 aliphatic heterocycles. The molecule has 154 valence electrons. The number of hydrogen-bond acceptors (Lipinski definition) is 4. The number of amides is 1. The number of rotatable bonds is 5. The van der Waals surface area contributed by atoms with Crippen molar-refractivity contribution in [3.05, 3.63) is 58.1 Å². The quantitative estimate of drug-likeness (QED) is 0.762. The topological polar surface area (TPSA) is 50.8 Å². The summed E-state index contributed by atoms with van der Waals surface area (Å²) in [6.07, 6.45) is 1.97. The summed E-state index contributed by atoms with van der Waals surface area (Å²) in [5.41, 5.74) is 0.589. The van der Waals surface area contributed by atoms with Crippen molar-refractivity contribution in [2.24, 2.45) is 5.92 Å². The molecule has 0 spiro atoms. The molecule has 1 amide bonds. The Kier molecular flexibility index (Phi) is 6.48. The summed E-state index contributed by atoms with van der Waals surface area (Å²) in [6.45, 7) is 3.72. The molecule has 5 nitrogen and oxygen atoms in total. The van der Waals surface area contributed by atoms with Crippen molar-refractivity contribution in [2.75, 3.05) is 32.8 Å². The number of carbonyl (C=O) groups is 1. The first-order chi connectivity index (χ1) is 14.1. The van der Waals surface area contributed by atoms with E-state index in [0.717, 1.165) is 50.5 Å². The van der Waals surface area contributed by atoms with Gasteiger partial charge >= 0.3 is 0 Å². The Morgan fingerprint density at radius 1 is 1.03 bits per heavy atom. The molecule has 0 saturated carbocycles. The van der Waals surface area contributed by atoms with E-state index in [0.29, 0.717) is 28.1 Å². The van der Waals surface area contributed by atoms with Crippen molar-refractivity contribution >= 4 is 29.1 Å². The number of nitrogens with zero attached hydrogens (tertiary/aromatic N) is 1. The van der Waals surface area contributed by atoms with Crippen LogP contribution in [0.4, 0.5) is 0 Å². The van der Waals surface area contributed by atoms with Gasteiger partial charge in [-0.3, -0.25) is 4.79 Å². The molecule has 0 aromatic heterocycles. The van der Waals surface area contributed by atoms with Crippen LogP contribution in [0.3, 0.4) is 0 Å². The van der Waals surface area contributed by atoms with Gasteiger partial charge in [0.2, 0.25) is 0 Å². The fraction of sp³-hybridized carbons (Fsp3) is 0.409. The number of hydrogen-bond donors (Lipinski definition) is 1. The fourth-order valence-corrected chi connectivity index (χ4v) is 4.06. The Morgan fingerprint density at radius 2 is 1.79 bits per heavy atom. The van der Waals surface area contributed by atoms with Gasteiger partial charge in [0.25, 0.3) is 5.91 Å². The van der Waals surface area contributed by atoms with Gasteiger partial charge in [-0.2, -0.15) is 0 Å². The monoisotopic (exact) mass is 434 g/mol. The van der Waals surface area contributed by atoms with Gasteiger partial charge < -0.3 is 19.7 Å². The molecule has 0 bridgehead atoms. The number of likely N-dealkylation sites (tertiary alicyclic amines) is 1. The first-order valence-corrected chi connectivity index (χ1v) is 10.7. The predicted octanol–water partition coefficient (Wildman–Crippen LogP) is 4.28. The number of piperidine rings is 1. The molecule has 2 aromatic carbocycles. The van der Waals surface area contributed by atoms with Crippen molar-refractivity contribution in [1.82, 2.24) is 10.2 Å². The SMILES string of the molecule is O=C(c1ccc(Cl)c(Cl)c1)N1CCC(CNCC2COc3ccccc3O2)CC1. The van der Waals surface area contributed by atoms with E-state index in [1.165, 1.54) is 0 Å². The number of halogens is 2. The number of carbonyl (C=O) groups excluding carboxylic acids is 1. The van der Waals surface area contributed by atoms with Crippen LogP contribution in [0.25, 0.3) is 0 Å². The van der Waals surface area contributed by atoms with Gasteiger partial charge in [0.05, 0.1) is 10.0 Å². The summed E-state index contributed by atoms with van der Waals surface area (Å²) in [7, 11) is 0. The lowest BCUT2D eigenvalue weighted by atomic mass is 9.96. The highest BCUT2D eigenvalue weighted by atomic mass is 35.5. The molecule has 2 heterocycles. The standard InChI is InChI=1S/C22H24Cl2N2O3/c23-18-6-5-16(11-19(18)24)22(27)26-9-7-15(8-10-26)12-25-13-17-14-28-20-3-1-2-4-21(20)29-17/h1-6,11,15,17,25H,7-10,12-14H2. The minimum atomic E-state index is 0.0150. The molecular weight excluding hydrogens is 411 g/mol. The smallest absolute Gasteiger partial charge is 0.253 e. The summed E-state index contributed by atoms with van der Waals surface area (Å²) in [6, 6.07) is 12.8. The molecule has 4 rings (SSSR count). The van der Waals surface area contributed by atoms with Crippen LogP contribution < -0.4 is 14.8 Å². The van der Waals surface area contributed by atoms with E-state index >= 15 is 0 Å². The van der Waals surface area contributed by atoms with Crippen molar-refractivity contribution in [3.8, 4) is 11.5 Å². The number of benzene rings is 2. The first kappa shape index (κ1) is 20.3. The highest BCUT2D eigenvalue weighted by Gasteiger charge is 2.25. The second kappa shape index (κ2) is 9.24. The predicted molar refractivity (Wildman–Crippen MR) is 114 cm³/mol. The van der Waals surface area contributed by atoms with Crippen LogP contribution in [-0.4, -0.2) is 49.7 Å². The molecular formula is C22H24Cl2N2O3. The van der Waals surface area contributed by atoms with Crippen LogP contribution in [0.15, 0.2) is 42.5 Å². The average Bonchev–Trinajstić information content (AvgIpc) is 2.75. The van der Waals surface area contributed by atoms with E-state index in [9.17, 15) is 4.79 Å². The Labute approximate surface area is 180 Å². The molecule has 0 aliphatic carbocycles. The van der Waals surface area contributed by atoms with Crippen LogP contribution in [0.1, 0.15) is 23.2 Å². The van der Waals surface area contributed by atoms with E-state index < -0.39 is 0 Å². The largest absolute Gasteiger partial charge is 0.486 e. The highest BCUT2D eigenvalue weighted by Crippen LogP contribution is 2.30. The van der Waals surface area contributed by atoms with Crippen LogP contribution in [0, 0.1) is 5.92 Å². The van der Waals surface area contributed by atoms with Gasteiger partial charge in [0, 0.05) is 25.2 Å². The zero-order valence-corrected chi connectivity index (χ0v) is 17.6. The van der Waals surface area contributed by atoms with Crippen molar-refractivity contribution in [3.63, 3.8) is 0 Å². The maximum atomic E-state index is 12.7. The van der Waals surface area contributed by atoms with Crippen LogP contribution in [0.5, 0.6) is 11.5 Å². The van der Waals surface area contributed by atoms with Crippen molar-refractivity contribution in [2.45, 2.75) is 18.9 Å². The van der Waals surface area contributed by atoms with Crippen molar-refractivity contribution in [1.29, 1.82) is 0 Å². The molecule has 29 heavy (non-hydrogen) atoms. The third-order valence-electron chi connectivity index (χ3n) is 5.44. The van der Waals surface area contributed by atoms with Crippen molar-refractivity contribution < 1.29 is 14.3 Å². The highest BCUT2D eigenvalue weighted by molar-refractivity contribution is 6.42. The number of para-hydroxylation sites is 2. The molecule has 2 aliphatic rings. The summed E-state index contributed by atoms with van der Waals surface area (Å²) in [5.74, 6) is 2.17. The number of nitrogens with one attached hydrogen (secondary N) is 1. The van der Waals surface area contributed by atoms with Gasteiger partial charge in [0.15, 0.2) is 11.5 Å². The van der Waals surface area contributed by atoms with Crippen LogP contribution in [-0.2, 0) is 0 Å². The first-order valence-electron chi connectivity index (χ1n) is 9.93. The zero-order chi connectivity index (χ0) is 20.2. The lowest BCUT2D eigenvalue weighted by Crippen LogP contribution is -2.43. The molecule has 2 aromatic rings. The van der Waals surface area contributed by atoms with E-state index in [4.69, 9.17) is 32.7 Å². The second-order valence-corrected chi connectivity index (χ2v) is 8.33. The lowest BCUT2D eigenvalue weighted by Gasteiger charge is -2.33. The maximum absolute atomic E-state index is 12.7. The van der Waals surface area contributed by atoms with E-state index in [2.05, 4.69) is 5.32 Å². The third-order valence-corrected chi connectivity index (χ3v) is 6.18. The lowest BCUT2D eigenvalue weighted by molar-refractivity contribution is 0.0682. The van der Waals surface area contributed by atoms with Gasteiger partial charge in [-0.05, 0) is 55.6 Å². The Hall–Kier alpha value is -1.95. The number of ether oxygens (including phenoxy) is 2. The normalized spacial score (nSPS) is 19.2. The summed E-state index contributed by atoms with van der Waals surface area (Å²) >= 11 is 12.0. The van der Waals surface area contributed by atoms with Gasteiger partial charge in [-0.25, -0.2) is 0 Å². The fourth-order valence-electron chi connectivity index (χ4n) is 3.76. The second-order valence-electron chi connectivity index (χ2n) is 7.52. The van der Waals surface area contributed by atoms with E-state index in [-0.39, 0.29) is 12.0 Å². The summed E-state index contributed by atoms with van der Waals surface area (Å²) < 4.78 is 11.7.